The minimum absolute atomic E-state index is 0.224. The Balaban J connectivity index is 2.84. The minimum Gasteiger partial charge on any atom is -0.369 e. The fourth-order valence-electron chi connectivity index (χ4n) is 0.942. The predicted molar refractivity (Wildman–Crippen MR) is 56.2 cm³/mol. The molecule has 0 aliphatic rings. The Morgan fingerprint density at radius 2 is 1.79 bits per heavy atom. The van der Waals surface area contributed by atoms with Crippen LogP contribution < -0.4 is 5.73 Å². The van der Waals surface area contributed by atoms with Gasteiger partial charge in [-0.05, 0) is 26.3 Å². The van der Waals surface area contributed by atoms with Gasteiger partial charge in [-0.1, -0.05) is 11.8 Å². The molecule has 4 nitrogen and oxygen atoms in total. The van der Waals surface area contributed by atoms with Crippen molar-refractivity contribution >= 4 is 17.7 Å². The van der Waals surface area contributed by atoms with Gasteiger partial charge in [0.1, 0.15) is 0 Å². The Labute approximate surface area is 87.3 Å². The zero-order chi connectivity index (χ0) is 10.7. The van der Waals surface area contributed by atoms with Gasteiger partial charge in [0.05, 0.1) is 5.75 Å². The first-order valence-corrected chi connectivity index (χ1v) is 5.22. The van der Waals surface area contributed by atoms with Crippen molar-refractivity contribution in [3.63, 3.8) is 0 Å². The highest BCUT2D eigenvalue weighted by molar-refractivity contribution is 7.99. The predicted octanol–water partition coefficient (Wildman–Crippen LogP) is 0.979. The molecule has 0 aromatic carbocycles. The highest BCUT2D eigenvalue weighted by Crippen LogP contribution is 2.16. The molecule has 2 N–H and O–H groups in total. The molecule has 0 saturated heterocycles. The van der Waals surface area contributed by atoms with Gasteiger partial charge in [-0.25, -0.2) is 9.97 Å². The number of aryl methyl sites for hydroxylation is 2. The van der Waals surface area contributed by atoms with Crippen LogP contribution in [0, 0.1) is 20.8 Å². The summed E-state index contributed by atoms with van der Waals surface area (Å²) in [5, 5.41) is 0.615. The van der Waals surface area contributed by atoms with Gasteiger partial charge in [0.2, 0.25) is 5.91 Å². The molecular formula is C9H13N3OS. The summed E-state index contributed by atoms with van der Waals surface area (Å²) in [4.78, 5) is 19.1. The normalized spacial score (nSPS) is 10.2. The number of nitrogens with zero attached hydrogens (tertiary/aromatic N) is 2. The number of nitrogens with two attached hydrogens (primary N) is 1. The molecule has 1 heterocycles. The van der Waals surface area contributed by atoms with Gasteiger partial charge in [0, 0.05) is 11.4 Å². The van der Waals surface area contributed by atoms with Crippen molar-refractivity contribution in [2.45, 2.75) is 25.9 Å². The van der Waals surface area contributed by atoms with E-state index in [2.05, 4.69) is 9.97 Å². The second-order valence-corrected chi connectivity index (χ2v) is 4.00. The third-order valence-electron chi connectivity index (χ3n) is 1.96. The summed E-state index contributed by atoms with van der Waals surface area (Å²) in [5.74, 6) is -0.128. The van der Waals surface area contributed by atoms with Crippen molar-refractivity contribution in [2.24, 2.45) is 5.73 Å². The van der Waals surface area contributed by atoms with Gasteiger partial charge < -0.3 is 5.73 Å². The van der Waals surface area contributed by atoms with Crippen molar-refractivity contribution in [3.05, 3.63) is 17.0 Å². The van der Waals surface area contributed by atoms with Crippen LogP contribution in [0.25, 0.3) is 0 Å². The number of thioether (sulfide) groups is 1. The standard InChI is InChI=1S/C9H13N3OS/c1-5-6(2)11-9(12-7(5)3)14-4-8(10)13/h4H2,1-3H3,(H2,10,13). The smallest absolute Gasteiger partial charge is 0.227 e. The lowest BCUT2D eigenvalue weighted by Crippen LogP contribution is -2.13. The Bertz CT molecular complexity index is 342. The average molecular weight is 211 g/mol. The Hall–Kier alpha value is -1.10. The van der Waals surface area contributed by atoms with Gasteiger partial charge in [-0.3, -0.25) is 4.79 Å². The third kappa shape index (κ3) is 2.70. The summed E-state index contributed by atoms with van der Waals surface area (Å²) in [5.41, 5.74) is 8.02. The molecule has 5 heteroatoms. The number of aromatic nitrogens is 2. The number of carbonyl (C=O) groups excluding carboxylic acids is 1. The number of primary amides is 1. The molecule has 14 heavy (non-hydrogen) atoms. The molecule has 1 aromatic rings. The summed E-state index contributed by atoms with van der Waals surface area (Å²) in [7, 11) is 0. The maximum absolute atomic E-state index is 10.6. The van der Waals surface area contributed by atoms with Gasteiger partial charge in [0.15, 0.2) is 5.16 Å². The molecular weight excluding hydrogens is 198 g/mol. The van der Waals surface area contributed by atoms with Gasteiger partial charge in [-0.2, -0.15) is 0 Å². The molecule has 0 spiro atoms. The van der Waals surface area contributed by atoms with Gasteiger partial charge in [-0.15, -0.1) is 0 Å². The lowest BCUT2D eigenvalue weighted by molar-refractivity contribution is -0.115. The Kier molecular flexibility index (Phi) is 3.46. The molecule has 0 aliphatic carbocycles. The topological polar surface area (TPSA) is 68.9 Å². The molecule has 0 fully saturated rings. The highest BCUT2D eigenvalue weighted by Gasteiger charge is 2.05. The minimum atomic E-state index is -0.352. The number of amides is 1. The molecule has 1 amide bonds. The maximum atomic E-state index is 10.6. The van der Waals surface area contributed by atoms with Crippen LogP contribution in [0.15, 0.2) is 5.16 Å². The SMILES string of the molecule is Cc1nc(SCC(N)=O)nc(C)c1C. The molecule has 0 saturated carbocycles. The van der Waals surface area contributed by atoms with Crippen LogP contribution in [0.5, 0.6) is 0 Å². The van der Waals surface area contributed by atoms with E-state index in [0.717, 1.165) is 17.0 Å². The van der Waals surface area contributed by atoms with Gasteiger partial charge in [0.25, 0.3) is 0 Å². The van der Waals surface area contributed by atoms with E-state index in [1.807, 2.05) is 20.8 Å². The number of hydrogen-bond donors (Lipinski definition) is 1. The van der Waals surface area contributed by atoms with Gasteiger partial charge >= 0.3 is 0 Å². The van der Waals surface area contributed by atoms with Crippen LogP contribution in [-0.2, 0) is 4.79 Å². The molecule has 0 radical (unpaired) electrons. The van der Waals surface area contributed by atoms with E-state index in [-0.39, 0.29) is 11.7 Å². The largest absolute Gasteiger partial charge is 0.369 e. The first-order chi connectivity index (χ1) is 6.50. The number of rotatable bonds is 3. The molecule has 1 aromatic heterocycles. The van der Waals surface area contributed by atoms with E-state index in [4.69, 9.17) is 5.73 Å². The number of carbonyl (C=O) groups is 1. The van der Waals surface area contributed by atoms with Crippen LogP contribution in [0.2, 0.25) is 0 Å². The fourth-order valence-corrected chi connectivity index (χ4v) is 1.62. The van der Waals surface area contributed by atoms with Crippen molar-refractivity contribution in [1.29, 1.82) is 0 Å². The maximum Gasteiger partial charge on any atom is 0.227 e. The van der Waals surface area contributed by atoms with Crippen LogP contribution >= 0.6 is 11.8 Å². The van der Waals surface area contributed by atoms with Crippen LogP contribution in [0.1, 0.15) is 17.0 Å². The molecule has 0 atom stereocenters. The summed E-state index contributed by atoms with van der Waals surface area (Å²) in [6, 6.07) is 0. The molecule has 0 bridgehead atoms. The summed E-state index contributed by atoms with van der Waals surface area (Å²) in [6.45, 7) is 5.84. The molecule has 76 valence electrons. The first kappa shape index (κ1) is 11.0. The molecule has 0 aliphatic heterocycles. The second kappa shape index (κ2) is 4.41. The lowest BCUT2D eigenvalue weighted by Gasteiger charge is -2.05. The summed E-state index contributed by atoms with van der Waals surface area (Å²) >= 11 is 1.27. The summed E-state index contributed by atoms with van der Waals surface area (Å²) in [6.07, 6.45) is 0. The highest BCUT2D eigenvalue weighted by atomic mass is 32.2. The van der Waals surface area contributed by atoms with Crippen LogP contribution in [-0.4, -0.2) is 21.6 Å². The van der Waals surface area contributed by atoms with E-state index >= 15 is 0 Å². The Morgan fingerprint density at radius 3 is 2.21 bits per heavy atom. The van der Waals surface area contributed by atoms with E-state index < -0.39 is 0 Å². The van der Waals surface area contributed by atoms with E-state index in [0.29, 0.717) is 5.16 Å². The third-order valence-corrected chi connectivity index (χ3v) is 2.83. The average Bonchev–Trinajstić information content (AvgIpc) is 2.10. The molecule has 1 rings (SSSR count). The summed E-state index contributed by atoms with van der Waals surface area (Å²) < 4.78 is 0. The fraction of sp³-hybridized carbons (Fsp3) is 0.444. The molecule has 0 unspecified atom stereocenters. The van der Waals surface area contributed by atoms with Crippen LogP contribution in [0.4, 0.5) is 0 Å². The number of hydrogen-bond acceptors (Lipinski definition) is 4. The van der Waals surface area contributed by atoms with E-state index in [1.54, 1.807) is 0 Å². The van der Waals surface area contributed by atoms with Crippen molar-refractivity contribution < 1.29 is 4.79 Å². The van der Waals surface area contributed by atoms with Crippen molar-refractivity contribution in [3.8, 4) is 0 Å². The first-order valence-electron chi connectivity index (χ1n) is 4.23. The van der Waals surface area contributed by atoms with Crippen molar-refractivity contribution in [2.75, 3.05) is 5.75 Å². The van der Waals surface area contributed by atoms with Crippen molar-refractivity contribution in [1.82, 2.24) is 9.97 Å². The lowest BCUT2D eigenvalue weighted by atomic mass is 10.2. The monoisotopic (exact) mass is 211 g/mol. The quantitative estimate of drug-likeness (QED) is 0.597. The van der Waals surface area contributed by atoms with Crippen LogP contribution in [0.3, 0.4) is 0 Å². The van der Waals surface area contributed by atoms with E-state index in [9.17, 15) is 4.79 Å². The Morgan fingerprint density at radius 1 is 1.29 bits per heavy atom. The second-order valence-electron chi connectivity index (χ2n) is 3.06. The van der Waals surface area contributed by atoms with E-state index in [1.165, 1.54) is 11.8 Å². The zero-order valence-corrected chi connectivity index (χ0v) is 9.31. The zero-order valence-electron chi connectivity index (χ0n) is 8.50.